The molecule has 1 aromatic carbocycles. The minimum atomic E-state index is -0.386. The fraction of sp³-hybridized carbons (Fsp3) is 0.571. The summed E-state index contributed by atoms with van der Waals surface area (Å²) in [6, 6.07) is 5.99. The van der Waals surface area contributed by atoms with E-state index in [1.165, 1.54) is 0 Å². The van der Waals surface area contributed by atoms with Crippen LogP contribution in [0.3, 0.4) is 0 Å². The lowest BCUT2D eigenvalue weighted by atomic mass is 9.78. The molecule has 0 amide bonds. The number of rotatable bonds is 3. The van der Waals surface area contributed by atoms with E-state index in [1.54, 1.807) is 18.9 Å². The molecular formula is C14H21BO3S. The Morgan fingerprint density at radius 2 is 1.68 bits per heavy atom. The van der Waals surface area contributed by atoms with Crippen molar-refractivity contribution in [2.24, 2.45) is 0 Å². The van der Waals surface area contributed by atoms with E-state index < -0.39 is 0 Å². The molecule has 19 heavy (non-hydrogen) atoms. The highest BCUT2D eigenvalue weighted by atomic mass is 32.2. The molecule has 3 nitrogen and oxygen atoms in total. The maximum atomic E-state index is 6.12. The van der Waals surface area contributed by atoms with E-state index in [0.29, 0.717) is 0 Å². The minimum Gasteiger partial charge on any atom is -0.497 e. The standard InChI is InChI=1S/C14H21BO3S/c1-13(2)14(3,4)18-15(17-13)12-10(16-5)8-7-9-11(12)19-6/h7-9H,1-6H3. The van der Waals surface area contributed by atoms with Gasteiger partial charge >= 0.3 is 7.12 Å². The molecule has 5 heteroatoms. The quantitative estimate of drug-likeness (QED) is 0.628. The van der Waals surface area contributed by atoms with Crippen LogP contribution in [0.25, 0.3) is 0 Å². The Hall–Kier alpha value is -0.645. The molecule has 1 aliphatic rings. The van der Waals surface area contributed by atoms with Crippen molar-refractivity contribution in [3.63, 3.8) is 0 Å². The predicted octanol–water partition coefficient (Wildman–Crippen LogP) is 2.72. The maximum Gasteiger partial charge on any atom is 0.499 e. The number of thioether (sulfide) groups is 1. The Kier molecular flexibility index (Phi) is 3.91. The van der Waals surface area contributed by atoms with Gasteiger partial charge in [0.15, 0.2) is 0 Å². The van der Waals surface area contributed by atoms with E-state index in [9.17, 15) is 0 Å². The second-order valence-corrected chi connectivity index (χ2v) is 6.51. The van der Waals surface area contributed by atoms with Crippen LogP contribution in [0.4, 0.5) is 0 Å². The smallest absolute Gasteiger partial charge is 0.497 e. The van der Waals surface area contributed by atoms with Gasteiger partial charge in [-0.2, -0.15) is 0 Å². The predicted molar refractivity (Wildman–Crippen MR) is 80.5 cm³/mol. The number of hydrogen-bond acceptors (Lipinski definition) is 4. The summed E-state index contributed by atoms with van der Waals surface area (Å²) in [5.74, 6) is 0.811. The highest BCUT2D eigenvalue weighted by Gasteiger charge is 2.53. The summed E-state index contributed by atoms with van der Waals surface area (Å²) in [5, 5.41) is 0. The molecule has 0 bridgehead atoms. The Morgan fingerprint density at radius 3 is 2.16 bits per heavy atom. The van der Waals surface area contributed by atoms with Gasteiger partial charge in [0.1, 0.15) is 5.75 Å². The monoisotopic (exact) mass is 280 g/mol. The number of ether oxygens (including phenoxy) is 1. The first kappa shape index (κ1) is 14.8. The van der Waals surface area contributed by atoms with Crippen LogP contribution in [0.15, 0.2) is 23.1 Å². The number of benzene rings is 1. The van der Waals surface area contributed by atoms with Crippen LogP contribution in [0.5, 0.6) is 5.75 Å². The van der Waals surface area contributed by atoms with Gasteiger partial charge in [-0.05, 0) is 46.1 Å². The van der Waals surface area contributed by atoms with Crippen LogP contribution >= 0.6 is 11.8 Å². The van der Waals surface area contributed by atoms with Crippen LogP contribution in [0, 0.1) is 0 Å². The van der Waals surface area contributed by atoms with Gasteiger partial charge in [0.2, 0.25) is 0 Å². The molecule has 0 aromatic heterocycles. The number of hydrogen-bond donors (Lipinski definition) is 0. The van der Waals surface area contributed by atoms with Crippen molar-refractivity contribution in [3.05, 3.63) is 18.2 Å². The Labute approximate surface area is 120 Å². The van der Waals surface area contributed by atoms with Gasteiger partial charge in [-0.25, -0.2) is 0 Å². The van der Waals surface area contributed by atoms with E-state index in [-0.39, 0.29) is 18.3 Å². The van der Waals surface area contributed by atoms with Gasteiger partial charge in [0.25, 0.3) is 0 Å². The Bertz CT molecular complexity index is 436. The molecular weight excluding hydrogens is 259 g/mol. The van der Waals surface area contributed by atoms with E-state index in [0.717, 1.165) is 16.1 Å². The lowest BCUT2D eigenvalue weighted by Gasteiger charge is -2.32. The Morgan fingerprint density at radius 1 is 1.11 bits per heavy atom. The molecule has 1 heterocycles. The largest absolute Gasteiger partial charge is 0.499 e. The number of methoxy groups -OCH3 is 1. The van der Waals surface area contributed by atoms with Crippen molar-refractivity contribution < 1.29 is 14.0 Å². The first-order valence-electron chi connectivity index (χ1n) is 6.39. The molecule has 0 N–H and O–H groups in total. The zero-order valence-electron chi connectivity index (χ0n) is 12.4. The first-order chi connectivity index (χ1) is 8.82. The summed E-state index contributed by atoms with van der Waals surface area (Å²) in [7, 11) is 1.29. The average molecular weight is 280 g/mol. The molecule has 1 aromatic rings. The van der Waals surface area contributed by atoms with E-state index >= 15 is 0 Å². The van der Waals surface area contributed by atoms with Crippen LogP contribution in [-0.4, -0.2) is 31.7 Å². The van der Waals surface area contributed by atoms with Crippen LogP contribution in [0.2, 0.25) is 0 Å². The normalized spacial score (nSPS) is 20.6. The molecule has 2 rings (SSSR count). The third-order valence-electron chi connectivity index (χ3n) is 3.95. The molecule has 0 spiro atoms. The summed E-state index contributed by atoms with van der Waals surface area (Å²) in [6.45, 7) is 8.23. The van der Waals surface area contributed by atoms with Crippen LogP contribution in [-0.2, 0) is 9.31 Å². The van der Waals surface area contributed by atoms with Crippen LogP contribution < -0.4 is 10.2 Å². The fourth-order valence-electron chi connectivity index (χ4n) is 2.07. The minimum absolute atomic E-state index is 0.339. The highest BCUT2D eigenvalue weighted by Crippen LogP contribution is 2.38. The zero-order valence-corrected chi connectivity index (χ0v) is 13.3. The molecule has 0 unspecified atom stereocenters. The van der Waals surface area contributed by atoms with E-state index in [2.05, 4.69) is 33.8 Å². The molecule has 0 saturated carbocycles. The molecule has 0 atom stereocenters. The second-order valence-electron chi connectivity index (χ2n) is 5.66. The summed E-state index contributed by atoms with van der Waals surface area (Å²) in [4.78, 5) is 1.12. The van der Waals surface area contributed by atoms with Crippen molar-refractivity contribution in [1.29, 1.82) is 0 Å². The second kappa shape index (κ2) is 5.04. The van der Waals surface area contributed by atoms with Gasteiger partial charge in [0, 0.05) is 10.4 Å². The van der Waals surface area contributed by atoms with Crippen molar-refractivity contribution in [1.82, 2.24) is 0 Å². The van der Waals surface area contributed by atoms with Crippen molar-refractivity contribution >= 4 is 24.3 Å². The van der Waals surface area contributed by atoms with Gasteiger partial charge in [-0.15, -0.1) is 11.8 Å². The molecule has 1 saturated heterocycles. The average Bonchev–Trinajstić information content (AvgIpc) is 2.57. The lowest BCUT2D eigenvalue weighted by molar-refractivity contribution is 0.00578. The van der Waals surface area contributed by atoms with Gasteiger partial charge in [0.05, 0.1) is 18.3 Å². The van der Waals surface area contributed by atoms with Crippen molar-refractivity contribution in [3.8, 4) is 5.75 Å². The first-order valence-corrected chi connectivity index (χ1v) is 7.61. The third-order valence-corrected chi connectivity index (χ3v) is 4.75. The maximum absolute atomic E-state index is 6.12. The van der Waals surface area contributed by atoms with Crippen molar-refractivity contribution in [2.75, 3.05) is 13.4 Å². The summed E-state index contributed by atoms with van der Waals surface area (Å²) >= 11 is 1.67. The summed E-state index contributed by atoms with van der Waals surface area (Å²) in [5.41, 5.74) is 0.304. The fourth-order valence-corrected chi connectivity index (χ4v) is 2.70. The Balaban J connectivity index is 2.44. The third kappa shape index (κ3) is 2.51. The SMILES string of the molecule is COc1cccc(SC)c1B1OC(C)(C)C(C)(C)O1. The molecule has 104 valence electrons. The molecule has 1 fully saturated rings. The van der Waals surface area contributed by atoms with Crippen LogP contribution in [0.1, 0.15) is 27.7 Å². The van der Waals surface area contributed by atoms with Gasteiger partial charge in [-0.3, -0.25) is 0 Å². The van der Waals surface area contributed by atoms with Gasteiger partial charge < -0.3 is 14.0 Å². The summed E-state index contributed by atoms with van der Waals surface area (Å²) < 4.78 is 17.7. The van der Waals surface area contributed by atoms with E-state index in [4.69, 9.17) is 14.0 Å². The highest BCUT2D eigenvalue weighted by molar-refractivity contribution is 7.98. The molecule has 0 aliphatic carbocycles. The zero-order chi connectivity index (χ0) is 14.3. The van der Waals surface area contributed by atoms with E-state index in [1.807, 2.05) is 18.4 Å². The molecule has 1 aliphatic heterocycles. The topological polar surface area (TPSA) is 27.7 Å². The summed E-state index contributed by atoms with van der Waals surface area (Å²) in [6.07, 6.45) is 2.05. The van der Waals surface area contributed by atoms with Crippen molar-refractivity contribution in [2.45, 2.75) is 43.8 Å². The van der Waals surface area contributed by atoms with Gasteiger partial charge in [-0.1, -0.05) is 6.07 Å². The molecule has 0 radical (unpaired) electrons. The lowest BCUT2D eigenvalue weighted by Crippen LogP contribution is -2.41.